The van der Waals surface area contributed by atoms with Crippen LogP contribution in [0.3, 0.4) is 0 Å². The first kappa shape index (κ1) is 19.2. The summed E-state index contributed by atoms with van der Waals surface area (Å²) in [5.41, 5.74) is 1.52. The molecule has 0 saturated carbocycles. The Balaban J connectivity index is 2.33. The van der Waals surface area contributed by atoms with Crippen molar-refractivity contribution in [3.05, 3.63) is 29.3 Å². The summed E-state index contributed by atoms with van der Waals surface area (Å²) in [7, 11) is 1.53. The topological polar surface area (TPSA) is 75.6 Å². The molecule has 1 amide bonds. The number of benzene rings is 1. The SMILES string of the molecule is COc1ccc(C)cc1C(=O)CCC(=O)NCCCCCCO. The highest BCUT2D eigenvalue weighted by atomic mass is 16.5. The van der Waals surface area contributed by atoms with E-state index in [0.717, 1.165) is 31.2 Å². The van der Waals surface area contributed by atoms with Gasteiger partial charge in [0.25, 0.3) is 0 Å². The quantitative estimate of drug-likeness (QED) is 0.485. The molecule has 2 N–H and O–H groups in total. The van der Waals surface area contributed by atoms with Crippen LogP contribution < -0.4 is 10.1 Å². The van der Waals surface area contributed by atoms with Gasteiger partial charge in [0.15, 0.2) is 5.78 Å². The number of Topliss-reactive ketones (excluding diaryl/α,β-unsaturated/α-hetero) is 1. The monoisotopic (exact) mass is 321 g/mol. The minimum Gasteiger partial charge on any atom is -0.496 e. The molecule has 0 unspecified atom stereocenters. The molecular weight excluding hydrogens is 294 g/mol. The van der Waals surface area contributed by atoms with Gasteiger partial charge in [0.1, 0.15) is 5.75 Å². The van der Waals surface area contributed by atoms with Crippen LogP contribution in [0.4, 0.5) is 0 Å². The van der Waals surface area contributed by atoms with Gasteiger partial charge in [0, 0.05) is 26.0 Å². The van der Waals surface area contributed by atoms with Gasteiger partial charge in [-0.15, -0.1) is 0 Å². The highest BCUT2D eigenvalue weighted by Gasteiger charge is 2.14. The van der Waals surface area contributed by atoms with Crippen molar-refractivity contribution >= 4 is 11.7 Å². The number of carbonyl (C=O) groups excluding carboxylic acids is 2. The molecule has 1 rings (SSSR count). The summed E-state index contributed by atoms with van der Waals surface area (Å²) < 4.78 is 5.20. The summed E-state index contributed by atoms with van der Waals surface area (Å²) >= 11 is 0. The predicted molar refractivity (Wildman–Crippen MR) is 89.9 cm³/mol. The predicted octanol–water partition coefficient (Wildman–Crippen LogP) is 2.64. The van der Waals surface area contributed by atoms with Gasteiger partial charge in [-0.05, 0) is 31.9 Å². The molecule has 1 aromatic rings. The van der Waals surface area contributed by atoms with Crippen LogP contribution in [0.1, 0.15) is 54.4 Å². The van der Waals surface area contributed by atoms with E-state index in [-0.39, 0.29) is 31.1 Å². The van der Waals surface area contributed by atoms with Gasteiger partial charge in [-0.25, -0.2) is 0 Å². The molecule has 5 nitrogen and oxygen atoms in total. The van der Waals surface area contributed by atoms with Crippen LogP contribution >= 0.6 is 0 Å². The zero-order valence-corrected chi connectivity index (χ0v) is 14.1. The summed E-state index contributed by atoms with van der Waals surface area (Å²) in [4.78, 5) is 24.0. The third-order valence-corrected chi connectivity index (χ3v) is 3.64. The number of carbonyl (C=O) groups is 2. The van der Waals surface area contributed by atoms with E-state index in [2.05, 4.69) is 5.32 Å². The average molecular weight is 321 g/mol. The Kier molecular flexibility index (Phi) is 8.98. The van der Waals surface area contributed by atoms with Crippen LogP contribution in [0, 0.1) is 6.92 Å². The lowest BCUT2D eigenvalue weighted by Crippen LogP contribution is -2.24. The number of rotatable bonds is 11. The van der Waals surface area contributed by atoms with Crippen molar-refractivity contribution in [2.75, 3.05) is 20.3 Å². The Morgan fingerprint density at radius 1 is 1.13 bits per heavy atom. The lowest BCUT2D eigenvalue weighted by atomic mass is 10.0. The molecule has 0 heterocycles. The summed E-state index contributed by atoms with van der Waals surface area (Å²) in [6.07, 6.45) is 4.02. The van der Waals surface area contributed by atoms with Gasteiger partial charge >= 0.3 is 0 Å². The minimum absolute atomic E-state index is 0.0800. The largest absolute Gasteiger partial charge is 0.496 e. The number of hydrogen-bond donors (Lipinski definition) is 2. The second-order valence-electron chi connectivity index (χ2n) is 5.61. The Morgan fingerprint density at radius 2 is 1.87 bits per heavy atom. The third kappa shape index (κ3) is 7.28. The Bertz CT molecular complexity index is 514. The van der Waals surface area contributed by atoms with Crippen molar-refractivity contribution in [3.8, 4) is 5.75 Å². The van der Waals surface area contributed by atoms with Crippen molar-refractivity contribution < 1.29 is 19.4 Å². The number of nitrogens with one attached hydrogen (secondary N) is 1. The Morgan fingerprint density at radius 3 is 2.57 bits per heavy atom. The lowest BCUT2D eigenvalue weighted by molar-refractivity contribution is -0.121. The number of methoxy groups -OCH3 is 1. The second kappa shape index (κ2) is 10.8. The van der Waals surface area contributed by atoms with E-state index in [1.807, 2.05) is 13.0 Å². The van der Waals surface area contributed by atoms with Crippen LogP contribution in [0.5, 0.6) is 5.75 Å². The Labute approximate surface area is 138 Å². The van der Waals surface area contributed by atoms with Gasteiger partial charge in [-0.1, -0.05) is 24.5 Å². The molecule has 5 heteroatoms. The number of ether oxygens (including phenoxy) is 1. The van der Waals surface area contributed by atoms with Gasteiger partial charge in [-0.2, -0.15) is 0 Å². The second-order valence-corrected chi connectivity index (χ2v) is 5.61. The maximum atomic E-state index is 12.2. The molecule has 0 aliphatic rings. The number of hydrogen-bond acceptors (Lipinski definition) is 4. The molecule has 0 aliphatic heterocycles. The van der Waals surface area contributed by atoms with Gasteiger partial charge in [0.05, 0.1) is 12.7 Å². The molecule has 0 aliphatic carbocycles. The van der Waals surface area contributed by atoms with E-state index in [1.54, 1.807) is 12.1 Å². The van der Waals surface area contributed by atoms with E-state index >= 15 is 0 Å². The van der Waals surface area contributed by atoms with Crippen LogP contribution in [0.2, 0.25) is 0 Å². The van der Waals surface area contributed by atoms with Crippen molar-refractivity contribution in [1.29, 1.82) is 0 Å². The maximum absolute atomic E-state index is 12.2. The smallest absolute Gasteiger partial charge is 0.220 e. The fourth-order valence-electron chi connectivity index (χ4n) is 2.31. The fraction of sp³-hybridized carbons (Fsp3) is 0.556. The van der Waals surface area contributed by atoms with Crippen molar-refractivity contribution in [3.63, 3.8) is 0 Å². The van der Waals surface area contributed by atoms with E-state index in [0.29, 0.717) is 17.9 Å². The number of aryl methyl sites for hydroxylation is 1. The zero-order valence-electron chi connectivity index (χ0n) is 14.1. The number of aliphatic hydroxyl groups is 1. The summed E-state index contributed by atoms with van der Waals surface area (Å²) in [5, 5.41) is 11.5. The van der Waals surface area contributed by atoms with Crippen LogP contribution in [-0.2, 0) is 4.79 Å². The van der Waals surface area contributed by atoms with Crippen molar-refractivity contribution in [1.82, 2.24) is 5.32 Å². The number of aliphatic hydroxyl groups excluding tert-OH is 1. The Hall–Kier alpha value is -1.88. The highest BCUT2D eigenvalue weighted by Crippen LogP contribution is 2.21. The molecule has 128 valence electrons. The van der Waals surface area contributed by atoms with E-state index in [1.165, 1.54) is 7.11 Å². The molecule has 0 saturated heterocycles. The standard InChI is InChI=1S/C18H27NO4/c1-14-7-9-17(23-2)15(13-14)16(21)8-10-18(22)19-11-5-3-4-6-12-20/h7,9,13,20H,3-6,8,10-12H2,1-2H3,(H,19,22). The first-order chi connectivity index (χ1) is 11.1. The van der Waals surface area contributed by atoms with E-state index < -0.39 is 0 Å². The van der Waals surface area contributed by atoms with Crippen LogP contribution in [0.25, 0.3) is 0 Å². The number of unbranched alkanes of at least 4 members (excludes halogenated alkanes) is 3. The van der Waals surface area contributed by atoms with Crippen LogP contribution in [-0.4, -0.2) is 37.1 Å². The zero-order chi connectivity index (χ0) is 17.1. The molecule has 23 heavy (non-hydrogen) atoms. The van der Waals surface area contributed by atoms with Gasteiger partial charge in [0.2, 0.25) is 5.91 Å². The molecule has 1 aromatic carbocycles. The first-order valence-corrected chi connectivity index (χ1v) is 8.14. The normalized spacial score (nSPS) is 10.4. The molecule has 0 bridgehead atoms. The highest BCUT2D eigenvalue weighted by molar-refractivity contribution is 6.00. The van der Waals surface area contributed by atoms with E-state index in [9.17, 15) is 9.59 Å². The van der Waals surface area contributed by atoms with Crippen LogP contribution in [0.15, 0.2) is 18.2 Å². The fourth-order valence-corrected chi connectivity index (χ4v) is 2.31. The average Bonchev–Trinajstić information content (AvgIpc) is 2.55. The number of ketones is 1. The lowest BCUT2D eigenvalue weighted by Gasteiger charge is -2.09. The minimum atomic E-state index is -0.105. The van der Waals surface area contributed by atoms with Crippen molar-refractivity contribution in [2.24, 2.45) is 0 Å². The molecule has 0 atom stereocenters. The molecule has 0 spiro atoms. The summed E-state index contributed by atoms with van der Waals surface area (Å²) in [6.45, 7) is 2.75. The molecule has 0 radical (unpaired) electrons. The maximum Gasteiger partial charge on any atom is 0.220 e. The van der Waals surface area contributed by atoms with Gasteiger partial charge < -0.3 is 15.2 Å². The first-order valence-electron chi connectivity index (χ1n) is 8.14. The van der Waals surface area contributed by atoms with Crippen molar-refractivity contribution in [2.45, 2.75) is 45.4 Å². The summed E-state index contributed by atoms with van der Waals surface area (Å²) in [5.74, 6) is 0.362. The molecule has 0 fully saturated rings. The van der Waals surface area contributed by atoms with Gasteiger partial charge in [-0.3, -0.25) is 9.59 Å². The number of amides is 1. The third-order valence-electron chi connectivity index (χ3n) is 3.64. The van der Waals surface area contributed by atoms with E-state index in [4.69, 9.17) is 9.84 Å². The molecule has 0 aromatic heterocycles. The molecular formula is C18H27NO4. The summed E-state index contributed by atoms with van der Waals surface area (Å²) in [6, 6.07) is 5.45.